The van der Waals surface area contributed by atoms with Crippen molar-refractivity contribution in [3.63, 3.8) is 0 Å². The molecule has 0 fully saturated rings. The van der Waals surface area contributed by atoms with Crippen molar-refractivity contribution in [1.29, 1.82) is 0 Å². The molecule has 0 amide bonds. The summed E-state index contributed by atoms with van der Waals surface area (Å²) in [5.41, 5.74) is 1.40. The van der Waals surface area contributed by atoms with Gasteiger partial charge in [-0.25, -0.2) is 0 Å². The maximum absolute atomic E-state index is 11.3. The van der Waals surface area contributed by atoms with E-state index in [1.54, 1.807) is 19.2 Å². The average Bonchev–Trinajstić information content (AvgIpc) is 2.14. The molecular weight excluding hydrogens is 252 g/mol. The fraction of sp³-hybridized carbons (Fsp3) is 0.538. The fourth-order valence-corrected chi connectivity index (χ4v) is 2.76. The predicted molar refractivity (Wildman–Crippen MR) is 70.4 cm³/mol. The lowest BCUT2D eigenvalue weighted by Crippen LogP contribution is -2.22. The van der Waals surface area contributed by atoms with E-state index in [1.165, 1.54) is 6.07 Å². The van der Waals surface area contributed by atoms with Crippen molar-refractivity contribution in [1.82, 2.24) is 0 Å². The van der Waals surface area contributed by atoms with Gasteiger partial charge >= 0.3 is 0 Å². The summed E-state index contributed by atoms with van der Waals surface area (Å²) in [7, 11) is -2.57. The molecule has 0 bridgehead atoms. The molecule has 102 valence electrons. The molecule has 0 saturated carbocycles. The first-order valence-corrected chi connectivity index (χ1v) is 7.16. The number of ether oxygens (including phenoxy) is 1. The second kappa shape index (κ2) is 5.38. The third kappa shape index (κ3) is 4.08. The fourth-order valence-electron chi connectivity index (χ4n) is 2.06. The Morgan fingerprint density at radius 3 is 2.44 bits per heavy atom. The van der Waals surface area contributed by atoms with Crippen LogP contribution in [0, 0.1) is 12.3 Å². The SMILES string of the molecule is COCC(C)(C)Cc1cc(C)ccc1S(=O)(=O)O. The van der Waals surface area contributed by atoms with E-state index >= 15 is 0 Å². The summed E-state index contributed by atoms with van der Waals surface area (Å²) >= 11 is 0. The lowest BCUT2D eigenvalue weighted by molar-refractivity contribution is 0.104. The summed E-state index contributed by atoms with van der Waals surface area (Å²) in [4.78, 5) is -0.0164. The van der Waals surface area contributed by atoms with Gasteiger partial charge in [0.15, 0.2) is 0 Å². The van der Waals surface area contributed by atoms with Crippen LogP contribution in [0.25, 0.3) is 0 Å². The Bertz CT molecular complexity index is 518. The molecule has 1 rings (SSSR count). The van der Waals surface area contributed by atoms with Gasteiger partial charge in [-0.05, 0) is 30.4 Å². The van der Waals surface area contributed by atoms with Crippen LogP contribution in [0.2, 0.25) is 0 Å². The van der Waals surface area contributed by atoms with Crippen molar-refractivity contribution >= 4 is 10.1 Å². The van der Waals surface area contributed by atoms with Crippen molar-refractivity contribution in [2.75, 3.05) is 13.7 Å². The minimum absolute atomic E-state index is 0.0164. The molecule has 0 spiro atoms. The maximum Gasteiger partial charge on any atom is 0.294 e. The van der Waals surface area contributed by atoms with Crippen LogP contribution < -0.4 is 0 Å². The van der Waals surface area contributed by atoms with E-state index in [2.05, 4.69) is 0 Å². The highest BCUT2D eigenvalue weighted by Crippen LogP contribution is 2.27. The molecule has 1 aromatic rings. The van der Waals surface area contributed by atoms with Gasteiger partial charge in [0, 0.05) is 7.11 Å². The second-order valence-electron chi connectivity index (χ2n) is 5.36. The molecule has 0 atom stereocenters. The molecule has 18 heavy (non-hydrogen) atoms. The van der Waals surface area contributed by atoms with Crippen LogP contribution in [0.3, 0.4) is 0 Å². The van der Waals surface area contributed by atoms with Crippen LogP contribution in [0.5, 0.6) is 0 Å². The van der Waals surface area contributed by atoms with Gasteiger partial charge in [-0.3, -0.25) is 4.55 Å². The second-order valence-corrected chi connectivity index (χ2v) is 6.75. The molecule has 0 aliphatic rings. The zero-order chi connectivity index (χ0) is 14.0. The van der Waals surface area contributed by atoms with Crippen molar-refractivity contribution in [2.45, 2.75) is 32.1 Å². The first-order valence-electron chi connectivity index (χ1n) is 5.72. The van der Waals surface area contributed by atoms with Crippen LogP contribution >= 0.6 is 0 Å². The van der Waals surface area contributed by atoms with Crippen LogP contribution in [0.4, 0.5) is 0 Å². The molecule has 0 unspecified atom stereocenters. The summed E-state index contributed by atoms with van der Waals surface area (Å²) in [6, 6.07) is 4.92. The summed E-state index contributed by atoms with van der Waals surface area (Å²) in [5, 5.41) is 0. The monoisotopic (exact) mass is 272 g/mol. The van der Waals surface area contributed by atoms with E-state index in [-0.39, 0.29) is 10.3 Å². The van der Waals surface area contributed by atoms with E-state index < -0.39 is 10.1 Å². The smallest absolute Gasteiger partial charge is 0.294 e. The lowest BCUT2D eigenvalue weighted by Gasteiger charge is -2.24. The Kier molecular flexibility index (Phi) is 4.53. The molecule has 0 saturated heterocycles. The van der Waals surface area contributed by atoms with Gasteiger partial charge in [-0.1, -0.05) is 31.5 Å². The highest BCUT2D eigenvalue weighted by atomic mass is 32.2. The molecule has 5 heteroatoms. The molecular formula is C13H20O4S. The Morgan fingerprint density at radius 1 is 1.33 bits per heavy atom. The maximum atomic E-state index is 11.3. The first-order chi connectivity index (χ1) is 8.15. The summed E-state index contributed by atoms with van der Waals surface area (Å²) in [6.07, 6.45) is 0.525. The minimum atomic E-state index is -4.18. The average molecular weight is 272 g/mol. The molecule has 1 aromatic carbocycles. The van der Waals surface area contributed by atoms with Crippen LogP contribution in [-0.4, -0.2) is 26.7 Å². The molecule has 0 aliphatic heterocycles. The number of rotatable bonds is 5. The Labute approximate surface area is 109 Å². The van der Waals surface area contributed by atoms with Gasteiger partial charge in [-0.15, -0.1) is 0 Å². The van der Waals surface area contributed by atoms with Gasteiger partial charge in [0.25, 0.3) is 10.1 Å². The molecule has 0 heterocycles. The van der Waals surface area contributed by atoms with Gasteiger partial charge < -0.3 is 4.74 Å². The van der Waals surface area contributed by atoms with Crippen LogP contribution in [0.1, 0.15) is 25.0 Å². The summed E-state index contributed by atoms with van der Waals surface area (Å²) in [6.45, 7) is 6.39. The number of methoxy groups -OCH3 is 1. The van der Waals surface area contributed by atoms with E-state index in [9.17, 15) is 13.0 Å². The standard InChI is InChI=1S/C13H20O4S/c1-10-5-6-12(18(14,15)16)11(7-10)8-13(2,3)9-17-4/h5-7H,8-9H2,1-4H3,(H,14,15,16). The Balaban J connectivity index is 3.19. The lowest BCUT2D eigenvalue weighted by atomic mass is 9.86. The van der Waals surface area contributed by atoms with Gasteiger partial charge in [0.1, 0.15) is 0 Å². The third-order valence-corrected chi connectivity index (χ3v) is 3.65. The van der Waals surface area contributed by atoms with Crippen molar-refractivity contribution < 1.29 is 17.7 Å². The molecule has 4 nitrogen and oxygen atoms in total. The van der Waals surface area contributed by atoms with Crippen LogP contribution in [0.15, 0.2) is 23.1 Å². The molecule has 0 aromatic heterocycles. The van der Waals surface area contributed by atoms with Gasteiger partial charge in [-0.2, -0.15) is 8.42 Å². The molecule has 1 N–H and O–H groups in total. The topological polar surface area (TPSA) is 63.6 Å². The number of benzene rings is 1. The normalized spacial score (nSPS) is 12.7. The first kappa shape index (κ1) is 15.1. The highest BCUT2D eigenvalue weighted by molar-refractivity contribution is 7.85. The predicted octanol–water partition coefficient (Wildman–Crippen LogP) is 2.46. The van der Waals surface area contributed by atoms with Crippen molar-refractivity contribution in [2.24, 2.45) is 5.41 Å². The number of aryl methyl sites for hydroxylation is 1. The molecule has 0 aliphatic carbocycles. The molecule has 0 radical (unpaired) electrons. The Hall–Kier alpha value is -0.910. The summed E-state index contributed by atoms with van der Waals surface area (Å²) < 4.78 is 37.0. The quantitative estimate of drug-likeness (QED) is 0.836. The van der Waals surface area contributed by atoms with E-state index in [0.29, 0.717) is 18.6 Å². The largest absolute Gasteiger partial charge is 0.384 e. The minimum Gasteiger partial charge on any atom is -0.384 e. The van der Waals surface area contributed by atoms with Crippen molar-refractivity contribution in [3.8, 4) is 0 Å². The van der Waals surface area contributed by atoms with E-state index in [0.717, 1.165) is 5.56 Å². The van der Waals surface area contributed by atoms with Gasteiger partial charge in [0.05, 0.1) is 11.5 Å². The number of hydrogen-bond acceptors (Lipinski definition) is 3. The Morgan fingerprint density at radius 2 is 1.94 bits per heavy atom. The number of hydrogen-bond donors (Lipinski definition) is 1. The zero-order valence-corrected chi connectivity index (χ0v) is 12.0. The van der Waals surface area contributed by atoms with Gasteiger partial charge in [0.2, 0.25) is 0 Å². The van der Waals surface area contributed by atoms with E-state index in [4.69, 9.17) is 4.74 Å². The van der Waals surface area contributed by atoms with Crippen LogP contribution in [-0.2, 0) is 21.3 Å². The highest BCUT2D eigenvalue weighted by Gasteiger charge is 2.23. The van der Waals surface area contributed by atoms with E-state index in [1.807, 2.05) is 20.8 Å². The third-order valence-electron chi connectivity index (χ3n) is 2.70. The summed E-state index contributed by atoms with van der Waals surface area (Å²) in [5.74, 6) is 0. The van der Waals surface area contributed by atoms with Crippen molar-refractivity contribution in [3.05, 3.63) is 29.3 Å². The zero-order valence-electron chi connectivity index (χ0n) is 11.2.